The maximum absolute atomic E-state index is 13.2. The van der Waals surface area contributed by atoms with Crippen molar-refractivity contribution in [1.82, 2.24) is 19.6 Å². The molecule has 4 rings (SSSR count). The minimum Gasteiger partial charge on any atom is -0.319 e. The minimum absolute atomic E-state index is 0.230. The third kappa shape index (κ3) is 4.70. The van der Waals surface area contributed by atoms with Crippen LogP contribution >= 0.6 is 11.6 Å². The fraction of sp³-hybridized carbons (Fsp3) is 0.0952. The standard InChI is InChI=1S/C21H17ClFN5O/c22-20-10-18(23)6-5-17(20)13-28-14-19(11-25-28)26-21(29)16-4-1-3-15(9-16)12-27-8-2-7-24-27/h1-11,14H,12-13H2,(H,26,29). The van der Waals surface area contributed by atoms with E-state index < -0.39 is 0 Å². The maximum Gasteiger partial charge on any atom is 0.255 e. The second-order valence-corrected chi connectivity index (χ2v) is 6.93. The Hall–Kier alpha value is -3.45. The Labute approximate surface area is 171 Å². The molecule has 2 heterocycles. The molecule has 0 atom stereocenters. The number of hydrogen-bond donors (Lipinski definition) is 1. The van der Waals surface area contributed by atoms with Crippen molar-refractivity contribution in [2.45, 2.75) is 13.1 Å². The van der Waals surface area contributed by atoms with Gasteiger partial charge in [-0.1, -0.05) is 29.8 Å². The number of aromatic nitrogens is 4. The summed E-state index contributed by atoms with van der Waals surface area (Å²) < 4.78 is 16.6. The first kappa shape index (κ1) is 18.9. The van der Waals surface area contributed by atoms with E-state index in [2.05, 4.69) is 15.5 Å². The number of nitrogens with zero attached hydrogens (tertiary/aromatic N) is 4. The molecular formula is C21H17ClFN5O. The number of carbonyl (C=O) groups is 1. The average Bonchev–Trinajstić information content (AvgIpc) is 3.36. The molecule has 0 fully saturated rings. The second-order valence-electron chi connectivity index (χ2n) is 6.52. The highest BCUT2D eigenvalue weighted by molar-refractivity contribution is 6.31. The van der Waals surface area contributed by atoms with Crippen molar-refractivity contribution < 1.29 is 9.18 Å². The number of nitrogens with one attached hydrogen (secondary N) is 1. The van der Waals surface area contributed by atoms with Crippen LogP contribution in [0.15, 0.2) is 73.3 Å². The number of halogens is 2. The van der Waals surface area contributed by atoms with E-state index in [0.29, 0.717) is 29.4 Å². The molecule has 0 aliphatic heterocycles. The number of amides is 1. The van der Waals surface area contributed by atoms with Gasteiger partial charge in [-0.05, 0) is 41.5 Å². The van der Waals surface area contributed by atoms with Gasteiger partial charge in [-0.15, -0.1) is 0 Å². The molecule has 4 aromatic rings. The molecule has 1 N–H and O–H groups in total. The lowest BCUT2D eigenvalue weighted by atomic mass is 10.1. The van der Waals surface area contributed by atoms with Gasteiger partial charge in [0.05, 0.1) is 25.0 Å². The zero-order valence-electron chi connectivity index (χ0n) is 15.3. The van der Waals surface area contributed by atoms with Crippen molar-refractivity contribution in [1.29, 1.82) is 0 Å². The van der Waals surface area contributed by atoms with E-state index in [4.69, 9.17) is 11.6 Å². The fourth-order valence-corrected chi connectivity index (χ4v) is 3.16. The quantitative estimate of drug-likeness (QED) is 0.518. The van der Waals surface area contributed by atoms with Crippen LogP contribution in [0.25, 0.3) is 0 Å². The Balaban J connectivity index is 1.42. The molecule has 0 saturated carbocycles. The van der Waals surface area contributed by atoms with Gasteiger partial charge in [0, 0.05) is 29.2 Å². The molecule has 29 heavy (non-hydrogen) atoms. The summed E-state index contributed by atoms with van der Waals surface area (Å²) in [7, 11) is 0. The van der Waals surface area contributed by atoms with Crippen molar-refractivity contribution in [3.8, 4) is 0 Å². The maximum atomic E-state index is 13.2. The monoisotopic (exact) mass is 409 g/mol. The molecule has 2 aromatic heterocycles. The van der Waals surface area contributed by atoms with E-state index in [1.165, 1.54) is 12.1 Å². The van der Waals surface area contributed by atoms with Gasteiger partial charge in [-0.3, -0.25) is 14.2 Å². The van der Waals surface area contributed by atoms with Crippen LogP contribution in [-0.4, -0.2) is 25.5 Å². The topological polar surface area (TPSA) is 64.7 Å². The molecule has 0 radical (unpaired) electrons. The highest BCUT2D eigenvalue weighted by Crippen LogP contribution is 2.19. The van der Waals surface area contributed by atoms with Gasteiger partial charge >= 0.3 is 0 Å². The molecule has 6 nitrogen and oxygen atoms in total. The van der Waals surface area contributed by atoms with Gasteiger partial charge in [-0.2, -0.15) is 10.2 Å². The van der Waals surface area contributed by atoms with Crippen LogP contribution in [0.2, 0.25) is 5.02 Å². The van der Waals surface area contributed by atoms with Gasteiger partial charge < -0.3 is 5.32 Å². The molecule has 146 valence electrons. The summed E-state index contributed by atoms with van der Waals surface area (Å²) >= 11 is 6.06. The molecule has 2 aromatic carbocycles. The van der Waals surface area contributed by atoms with Crippen molar-refractivity contribution in [2.75, 3.05) is 5.32 Å². The van der Waals surface area contributed by atoms with Gasteiger partial charge in [0.1, 0.15) is 5.82 Å². The van der Waals surface area contributed by atoms with Gasteiger partial charge in [0.2, 0.25) is 0 Å². The lowest BCUT2D eigenvalue weighted by molar-refractivity contribution is 0.102. The Bertz CT molecular complexity index is 1140. The summed E-state index contributed by atoms with van der Waals surface area (Å²) in [5.74, 6) is -0.617. The van der Waals surface area contributed by atoms with Crippen molar-refractivity contribution >= 4 is 23.2 Å². The third-order valence-corrected chi connectivity index (χ3v) is 4.68. The lowest BCUT2D eigenvalue weighted by Crippen LogP contribution is -2.12. The van der Waals surface area contributed by atoms with Crippen LogP contribution < -0.4 is 5.32 Å². The first-order valence-electron chi connectivity index (χ1n) is 8.91. The zero-order chi connectivity index (χ0) is 20.2. The van der Waals surface area contributed by atoms with E-state index >= 15 is 0 Å². The number of rotatable bonds is 6. The normalized spacial score (nSPS) is 10.8. The number of hydrogen-bond acceptors (Lipinski definition) is 3. The number of benzene rings is 2. The van der Waals surface area contributed by atoms with Crippen molar-refractivity contribution in [3.05, 3.63) is 101 Å². The first-order valence-corrected chi connectivity index (χ1v) is 9.29. The SMILES string of the molecule is O=C(Nc1cnn(Cc2ccc(F)cc2Cl)c1)c1cccc(Cn2cccn2)c1. The van der Waals surface area contributed by atoms with Gasteiger partial charge in [0.15, 0.2) is 0 Å². The summed E-state index contributed by atoms with van der Waals surface area (Å²) in [6, 6.07) is 13.5. The Kier molecular flexibility index (Phi) is 5.39. The molecule has 0 spiro atoms. The van der Waals surface area contributed by atoms with Crippen LogP contribution in [0.3, 0.4) is 0 Å². The predicted octanol–water partition coefficient (Wildman–Crippen LogP) is 4.22. The predicted molar refractivity (Wildman–Crippen MR) is 108 cm³/mol. The lowest BCUT2D eigenvalue weighted by Gasteiger charge is -2.06. The Morgan fingerprint density at radius 3 is 2.76 bits per heavy atom. The van der Waals surface area contributed by atoms with Crippen LogP contribution in [0.5, 0.6) is 0 Å². The minimum atomic E-state index is -0.387. The summed E-state index contributed by atoms with van der Waals surface area (Å²) in [5, 5.41) is 11.6. The summed E-state index contributed by atoms with van der Waals surface area (Å²) in [4.78, 5) is 12.6. The molecule has 0 aliphatic rings. The molecular weight excluding hydrogens is 393 g/mol. The highest BCUT2D eigenvalue weighted by atomic mass is 35.5. The summed E-state index contributed by atoms with van der Waals surface area (Å²) in [6.45, 7) is 0.957. The van der Waals surface area contributed by atoms with E-state index in [9.17, 15) is 9.18 Å². The van der Waals surface area contributed by atoms with Gasteiger partial charge in [0.25, 0.3) is 5.91 Å². The second kappa shape index (κ2) is 8.28. The largest absolute Gasteiger partial charge is 0.319 e. The van der Waals surface area contributed by atoms with Crippen LogP contribution in [0.4, 0.5) is 10.1 Å². The van der Waals surface area contributed by atoms with Crippen molar-refractivity contribution in [3.63, 3.8) is 0 Å². The number of carbonyl (C=O) groups excluding carboxylic acids is 1. The van der Waals surface area contributed by atoms with Crippen LogP contribution in [0.1, 0.15) is 21.5 Å². The van der Waals surface area contributed by atoms with E-state index in [1.807, 2.05) is 30.5 Å². The fourth-order valence-electron chi connectivity index (χ4n) is 2.93. The molecule has 0 aliphatic carbocycles. The van der Waals surface area contributed by atoms with Crippen LogP contribution in [0, 0.1) is 5.82 Å². The van der Waals surface area contributed by atoms with E-state index in [-0.39, 0.29) is 11.7 Å². The summed E-state index contributed by atoms with van der Waals surface area (Å²) in [6.07, 6.45) is 6.84. The first-order chi connectivity index (χ1) is 14.1. The Morgan fingerprint density at radius 2 is 1.97 bits per heavy atom. The van der Waals surface area contributed by atoms with E-state index in [0.717, 1.165) is 11.1 Å². The molecule has 0 saturated heterocycles. The molecule has 0 unspecified atom stereocenters. The smallest absolute Gasteiger partial charge is 0.255 e. The molecule has 8 heteroatoms. The summed E-state index contributed by atoms with van der Waals surface area (Å²) in [5.41, 5.74) is 2.82. The zero-order valence-corrected chi connectivity index (χ0v) is 16.1. The van der Waals surface area contributed by atoms with Crippen molar-refractivity contribution in [2.24, 2.45) is 0 Å². The van der Waals surface area contributed by atoms with E-state index in [1.54, 1.807) is 40.1 Å². The number of anilines is 1. The average molecular weight is 410 g/mol. The molecule has 0 bridgehead atoms. The highest BCUT2D eigenvalue weighted by Gasteiger charge is 2.10. The Morgan fingerprint density at radius 1 is 1.07 bits per heavy atom. The van der Waals surface area contributed by atoms with Crippen LogP contribution in [-0.2, 0) is 13.1 Å². The third-order valence-electron chi connectivity index (χ3n) is 4.33. The molecule has 1 amide bonds. The van der Waals surface area contributed by atoms with Gasteiger partial charge in [-0.25, -0.2) is 4.39 Å².